The zero-order chi connectivity index (χ0) is 20.8. The average Bonchev–Trinajstić information content (AvgIpc) is 3.17. The number of hydrogen-bond acceptors (Lipinski definition) is 5. The Morgan fingerprint density at radius 3 is 2.67 bits per heavy atom. The van der Waals surface area contributed by atoms with E-state index in [-0.39, 0.29) is 11.3 Å². The van der Waals surface area contributed by atoms with Gasteiger partial charge < -0.3 is 14.4 Å². The van der Waals surface area contributed by atoms with Gasteiger partial charge in [-0.05, 0) is 41.3 Å². The number of rotatable bonds is 8. The van der Waals surface area contributed by atoms with Crippen molar-refractivity contribution in [2.75, 3.05) is 19.4 Å². The normalized spacial score (nSPS) is 16.0. The molecule has 3 aromatic rings. The topological polar surface area (TPSA) is 51.7 Å². The van der Waals surface area contributed by atoms with E-state index < -0.39 is 0 Å². The van der Waals surface area contributed by atoms with Gasteiger partial charge in [-0.15, -0.1) is 11.8 Å². The maximum absolute atomic E-state index is 12.5. The molecule has 2 aromatic carbocycles. The summed E-state index contributed by atoms with van der Waals surface area (Å²) in [7, 11) is 1.64. The Kier molecular flexibility index (Phi) is 6.54. The number of nitrogens with zero attached hydrogens (tertiary/aromatic N) is 2. The Bertz CT molecular complexity index is 982. The minimum atomic E-state index is -0.0220. The number of benzene rings is 2. The Balaban J connectivity index is 1.47. The van der Waals surface area contributed by atoms with Crippen LogP contribution in [-0.2, 0) is 17.8 Å². The van der Waals surface area contributed by atoms with Gasteiger partial charge in [0.15, 0.2) is 11.5 Å². The van der Waals surface area contributed by atoms with Gasteiger partial charge in [0.05, 0.1) is 12.9 Å². The van der Waals surface area contributed by atoms with E-state index in [1.165, 1.54) is 0 Å². The minimum Gasteiger partial charge on any atom is -0.493 e. The molecule has 1 fully saturated rings. The zero-order valence-electron chi connectivity index (χ0n) is 16.9. The number of ether oxygens (including phenoxy) is 2. The number of amides is 1. The van der Waals surface area contributed by atoms with Gasteiger partial charge in [-0.25, -0.2) is 0 Å². The highest BCUT2D eigenvalue weighted by Gasteiger charge is 2.33. The number of carbonyl (C=O) groups is 1. The van der Waals surface area contributed by atoms with Gasteiger partial charge in [0.2, 0.25) is 5.91 Å². The summed E-state index contributed by atoms with van der Waals surface area (Å²) in [4.78, 5) is 18.6. The third kappa shape index (κ3) is 4.76. The van der Waals surface area contributed by atoms with Crippen LogP contribution in [-0.4, -0.2) is 35.2 Å². The second-order valence-electron chi connectivity index (χ2n) is 7.05. The third-order valence-corrected chi connectivity index (χ3v) is 6.30. The highest BCUT2D eigenvalue weighted by atomic mass is 32.2. The number of methoxy groups -OCH3 is 1. The molecule has 154 valence electrons. The fourth-order valence-electron chi connectivity index (χ4n) is 3.46. The van der Waals surface area contributed by atoms with Gasteiger partial charge in [-0.2, -0.15) is 0 Å². The van der Waals surface area contributed by atoms with Crippen LogP contribution in [0.2, 0.25) is 0 Å². The van der Waals surface area contributed by atoms with Crippen LogP contribution >= 0.6 is 11.8 Å². The molecule has 4 rings (SSSR count). The average molecular weight is 421 g/mol. The van der Waals surface area contributed by atoms with E-state index in [2.05, 4.69) is 4.98 Å². The summed E-state index contributed by atoms with van der Waals surface area (Å²) in [5.74, 6) is 2.03. The van der Waals surface area contributed by atoms with Gasteiger partial charge >= 0.3 is 0 Å². The maximum atomic E-state index is 12.5. The van der Waals surface area contributed by atoms with Crippen molar-refractivity contribution in [2.45, 2.75) is 18.4 Å². The summed E-state index contributed by atoms with van der Waals surface area (Å²) in [6, 6.07) is 19.9. The van der Waals surface area contributed by atoms with Crippen LogP contribution in [0, 0.1) is 0 Å². The molecule has 1 amide bonds. The first-order valence-electron chi connectivity index (χ1n) is 9.89. The van der Waals surface area contributed by atoms with Crippen molar-refractivity contribution in [3.63, 3.8) is 0 Å². The van der Waals surface area contributed by atoms with Crippen molar-refractivity contribution in [1.29, 1.82) is 0 Å². The lowest BCUT2D eigenvalue weighted by atomic mass is 10.1. The molecule has 1 atom stereocenters. The molecule has 5 nitrogen and oxygen atoms in total. The molecule has 1 aromatic heterocycles. The number of aromatic nitrogens is 1. The zero-order valence-corrected chi connectivity index (χ0v) is 17.7. The number of thioether (sulfide) groups is 1. The standard InChI is InChI=1S/C24H24N2O3S/c1-28-22-14-20(9-10-21(22)29-16-19-6-3-2-4-7-19)24-26(23(27)17-30-24)13-11-18-8-5-12-25-15-18/h2-10,12,14-15,24H,11,13,16-17H2,1H3. The second kappa shape index (κ2) is 9.67. The van der Waals surface area contributed by atoms with Gasteiger partial charge in [0, 0.05) is 18.9 Å². The third-order valence-electron chi connectivity index (χ3n) is 5.04. The molecule has 2 heterocycles. The summed E-state index contributed by atoms with van der Waals surface area (Å²) in [6.45, 7) is 1.14. The van der Waals surface area contributed by atoms with Crippen LogP contribution in [0.1, 0.15) is 22.1 Å². The molecule has 6 heteroatoms. The van der Waals surface area contributed by atoms with Crippen molar-refractivity contribution in [2.24, 2.45) is 0 Å². The smallest absolute Gasteiger partial charge is 0.233 e. The summed E-state index contributed by atoms with van der Waals surface area (Å²) >= 11 is 1.65. The van der Waals surface area contributed by atoms with Crippen LogP contribution < -0.4 is 9.47 Å². The molecule has 0 saturated carbocycles. The molecule has 0 radical (unpaired) electrons. The highest BCUT2D eigenvalue weighted by molar-refractivity contribution is 8.00. The predicted octanol–water partition coefficient (Wildman–Crippen LogP) is 4.49. The molecule has 0 bridgehead atoms. The molecule has 1 saturated heterocycles. The number of carbonyl (C=O) groups excluding carboxylic acids is 1. The molecule has 0 aliphatic carbocycles. The van der Waals surface area contributed by atoms with Crippen LogP contribution in [0.3, 0.4) is 0 Å². The van der Waals surface area contributed by atoms with E-state index in [0.29, 0.717) is 30.4 Å². The molecular weight excluding hydrogens is 396 g/mol. The molecular formula is C24H24N2O3S. The Labute approximate surface area is 181 Å². The quantitative estimate of drug-likeness (QED) is 0.538. The molecule has 0 N–H and O–H groups in total. The SMILES string of the molecule is COc1cc(C2SCC(=O)N2CCc2cccnc2)ccc1OCc1ccccc1. The van der Waals surface area contributed by atoms with Gasteiger partial charge in [0.25, 0.3) is 0 Å². The maximum Gasteiger partial charge on any atom is 0.233 e. The Morgan fingerprint density at radius 1 is 1.07 bits per heavy atom. The largest absolute Gasteiger partial charge is 0.493 e. The van der Waals surface area contributed by atoms with Gasteiger partial charge in [-0.1, -0.05) is 42.5 Å². The van der Waals surface area contributed by atoms with Crippen molar-refractivity contribution in [3.05, 3.63) is 89.7 Å². The fraction of sp³-hybridized carbons (Fsp3) is 0.250. The molecule has 30 heavy (non-hydrogen) atoms. The van der Waals surface area contributed by atoms with Crippen molar-refractivity contribution in [3.8, 4) is 11.5 Å². The van der Waals surface area contributed by atoms with E-state index in [1.54, 1.807) is 25.1 Å². The lowest BCUT2D eigenvalue weighted by Crippen LogP contribution is -2.30. The van der Waals surface area contributed by atoms with E-state index in [1.807, 2.05) is 71.8 Å². The monoisotopic (exact) mass is 420 g/mol. The highest BCUT2D eigenvalue weighted by Crippen LogP contribution is 2.41. The minimum absolute atomic E-state index is 0.0220. The Hall–Kier alpha value is -2.99. The molecule has 1 unspecified atom stereocenters. The van der Waals surface area contributed by atoms with Crippen molar-refractivity contribution < 1.29 is 14.3 Å². The molecule has 0 spiro atoms. The van der Waals surface area contributed by atoms with Crippen molar-refractivity contribution in [1.82, 2.24) is 9.88 Å². The van der Waals surface area contributed by atoms with E-state index in [4.69, 9.17) is 9.47 Å². The first kappa shape index (κ1) is 20.3. The Morgan fingerprint density at radius 2 is 1.90 bits per heavy atom. The van der Waals surface area contributed by atoms with Crippen LogP contribution in [0.25, 0.3) is 0 Å². The lowest BCUT2D eigenvalue weighted by molar-refractivity contribution is -0.128. The number of pyridine rings is 1. The van der Waals surface area contributed by atoms with E-state index in [0.717, 1.165) is 23.1 Å². The lowest BCUT2D eigenvalue weighted by Gasteiger charge is -2.25. The number of hydrogen-bond donors (Lipinski definition) is 0. The molecule has 1 aliphatic heterocycles. The van der Waals surface area contributed by atoms with E-state index >= 15 is 0 Å². The van der Waals surface area contributed by atoms with Crippen LogP contribution in [0.5, 0.6) is 11.5 Å². The summed E-state index contributed by atoms with van der Waals surface area (Å²) < 4.78 is 11.5. The summed E-state index contributed by atoms with van der Waals surface area (Å²) in [5, 5.41) is -0.0220. The van der Waals surface area contributed by atoms with E-state index in [9.17, 15) is 4.79 Å². The van der Waals surface area contributed by atoms with Crippen LogP contribution in [0.15, 0.2) is 73.1 Å². The fourth-order valence-corrected chi connectivity index (χ4v) is 4.67. The van der Waals surface area contributed by atoms with Gasteiger partial charge in [0.1, 0.15) is 12.0 Å². The predicted molar refractivity (Wildman–Crippen MR) is 119 cm³/mol. The first-order valence-corrected chi connectivity index (χ1v) is 10.9. The van der Waals surface area contributed by atoms with Crippen molar-refractivity contribution >= 4 is 17.7 Å². The summed E-state index contributed by atoms with van der Waals surface area (Å²) in [5.41, 5.74) is 3.27. The second-order valence-corrected chi connectivity index (χ2v) is 8.11. The summed E-state index contributed by atoms with van der Waals surface area (Å²) in [6.07, 6.45) is 4.40. The van der Waals surface area contributed by atoms with Gasteiger partial charge in [-0.3, -0.25) is 9.78 Å². The van der Waals surface area contributed by atoms with Crippen LogP contribution in [0.4, 0.5) is 0 Å². The first-order chi connectivity index (χ1) is 14.7. The molecule has 1 aliphatic rings.